The first kappa shape index (κ1) is 24.2. The van der Waals surface area contributed by atoms with Crippen LogP contribution in [-0.4, -0.2) is 21.4 Å². The molecule has 0 atom stereocenters. The zero-order chi connectivity index (χ0) is 24.2. The standard InChI is InChI=1S/C22H18F4N2O4S/c1-32-15-8-6-14(7-9-15)13-27-33(30,31)16-10-11-19(23)17(12-16)21(29)28-20-5-3-2-4-18(20)22(24,25)26/h2-12,27H,13H2,1H3,(H,28,29). The minimum atomic E-state index is -4.75. The van der Waals surface area contributed by atoms with Crippen LogP contribution in [0, 0.1) is 5.82 Å². The molecule has 0 bridgehead atoms. The SMILES string of the molecule is COc1ccc(CNS(=O)(=O)c2ccc(F)c(C(=O)Nc3ccccc3C(F)(F)F)c2)cc1. The molecular weight excluding hydrogens is 464 g/mol. The van der Waals surface area contributed by atoms with E-state index in [1.807, 2.05) is 5.32 Å². The second-order valence-corrected chi connectivity index (χ2v) is 8.58. The molecule has 0 aromatic heterocycles. The molecule has 0 unspecified atom stereocenters. The second kappa shape index (κ2) is 9.59. The van der Waals surface area contributed by atoms with Crippen LogP contribution in [0.15, 0.2) is 71.6 Å². The molecule has 3 aromatic rings. The molecule has 0 aliphatic rings. The van der Waals surface area contributed by atoms with Gasteiger partial charge in [-0.1, -0.05) is 24.3 Å². The number of carbonyl (C=O) groups excluding carboxylic acids is 1. The summed E-state index contributed by atoms with van der Waals surface area (Å²) in [6.45, 7) is -0.0931. The van der Waals surface area contributed by atoms with Gasteiger partial charge in [0.15, 0.2) is 0 Å². The highest BCUT2D eigenvalue weighted by Crippen LogP contribution is 2.34. The number of ether oxygens (including phenoxy) is 1. The summed E-state index contributed by atoms with van der Waals surface area (Å²) in [5.41, 5.74) is -1.81. The number of amides is 1. The van der Waals surface area contributed by atoms with Crippen LogP contribution in [0.2, 0.25) is 0 Å². The average Bonchev–Trinajstić information content (AvgIpc) is 2.78. The summed E-state index contributed by atoms with van der Waals surface area (Å²) in [5, 5.41) is 2.00. The van der Waals surface area contributed by atoms with Gasteiger partial charge in [-0.2, -0.15) is 13.2 Å². The molecule has 33 heavy (non-hydrogen) atoms. The summed E-state index contributed by atoms with van der Waals surface area (Å²) < 4.78 is 86.3. The van der Waals surface area contributed by atoms with Crippen LogP contribution < -0.4 is 14.8 Å². The summed E-state index contributed by atoms with van der Waals surface area (Å²) in [6.07, 6.45) is -4.75. The molecule has 0 saturated heterocycles. The smallest absolute Gasteiger partial charge is 0.418 e. The van der Waals surface area contributed by atoms with Crippen molar-refractivity contribution in [3.63, 3.8) is 0 Å². The summed E-state index contributed by atoms with van der Waals surface area (Å²) >= 11 is 0. The number of anilines is 1. The Morgan fingerprint density at radius 1 is 1.00 bits per heavy atom. The maximum absolute atomic E-state index is 14.3. The summed E-state index contributed by atoms with van der Waals surface area (Å²) in [6, 6.07) is 13.2. The molecule has 3 aromatic carbocycles. The fourth-order valence-electron chi connectivity index (χ4n) is 2.88. The predicted molar refractivity (Wildman–Crippen MR) is 113 cm³/mol. The van der Waals surface area contributed by atoms with E-state index in [0.717, 1.165) is 36.4 Å². The van der Waals surface area contributed by atoms with Gasteiger partial charge < -0.3 is 10.1 Å². The normalized spacial score (nSPS) is 11.8. The maximum atomic E-state index is 14.3. The fraction of sp³-hybridized carbons (Fsp3) is 0.136. The second-order valence-electron chi connectivity index (χ2n) is 6.81. The quantitative estimate of drug-likeness (QED) is 0.483. The predicted octanol–water partition coefficient (Wildman–Crippen LogP) is 4.58. The number of sulfonamides is 1. The van der Waals surface area contributed by atoms with E-state index in [1.165, 1.54) is 13.2 Å². The first-order chi connectivity index (χ1) is 15.5. The Morgan fingerprint density at radius 3 is 2.30 bits per heavy atom. The number of rotatable bonds is 7. The van der Waals surface area contributed by atoms with Crippen LogP contribution in [0.5, 0.6) is 5.75 Å². The van der Waals surface area contributed by atoms with Crippen molar-refractivity contribution in [3.8, 4) is 5.75 Å². The van der Waals surface area contributed by atoms with Crippen LogP contribution in [0.3, 0.4) is 0 Å². The lowest BCUT2D eigenvalue weighted by Crippen LogP contribution is -2.24. The number of alkyl halides is 3. The number of para-hydroxylation sites is 1. The molecule has 11 heteroatoms. The van der Waals surface area contributed by atoms with Gasteiger partial charge in [-0.05, 0) is 48.0 Å². The summed E-state index contributed by atoms with van der Waals surface area (Å²) in [4.78, 5) is 12.1. The first-order valence-electron chi connectivity index (χ1n) is 9.41. The van der Waals surface area contributed by atoms with Crippen molar-refractivity contribution in [2.75, 3.05) is 12.4 Å². The van der Waals surface area contributed by atoms with Gasteiger partial charge in [-0.15, -0.1) is 0 Å². The van der Waals surface area contributed by atoms with Crippen LogP contribution in [-0.2, 0) is 22.7 Å². The Kier molecular flexibility index (Phi) is 7.04. The highest BCUT2D eigenvalue weighted by molar-refractivity contribution is 7.89. The number of benzene rings is 3. The van der Waals surface area contributed by atoms with Gasteiger partial charge in [0.05, 0.1) is 28.8 Å². The number of methoxy groups -OCH3 is 1. The van der Waals surface area contributed by atoms with Crippen LogP contribution in [0.4, 0.5) is 23.2 Å². The van der Waals surface area contributed by atoms with Crippen LogP contribution in [0.1, 0.15) is 21.5 Å². The van der Waals surface area contributed by atoms with E-state index in [0.29, 0.717) is 11.3 Å². The van der Waals surface area contributed by atoms with Crippen molar-refractivity contribution in [2.45, 2.75) is 17.6 Å². The maximum Gasteiger partial charge on any atom is 0.418 e. The summed E-state index contributed by atoms with van der Waals surface area (Å²) in [5.74, 6) is -1.73. The van der Waals surface area contributed by atoms with E-state index in [4.69, 9.17) is 4.74 Å². The van der Waals surface area contributed by atoms with Gasteiger partial charge in [0, 0.05) is 6.54 Å². The van der Waals surface area contributed by atoms with Crippen molar-refractivity contribution in [1.29, 1.82) is 0 Å². The fourth-order valence-corrected chi connectivity index (χ4v) is 3.92. The molecule has 174 valence electrons. The lowest BCUT2D eigenvalue weighted by Gasteiger charge is -2.14. The molecule has 6 nitrogen and oxygen atoms in total. The number of hydrogen-bond acceptors (Lipinski definition) is 4. The molecule has 0 radical (unpaired) electrons. The van der Waals surface area contributed by atoms with E-state index < -0.39 is 49.6 Å². The topological polar surface area (TPSA) is 84.5 Å². The zero-order valence-electron chi connectivity index (χ0n) is 17.1. The third-order valence-electron chi connectivity index (χ3n) is 4.60. The Bertz CT molecular complexity index is 1260. The first-order valence-corrected chi connectivity index (χ1v) is 10.9. The van der Waals surface area contributed by atoms with Gasteiger partial charge in [-0.3, -0.25) is 4.79 Å². The molecule has 0 fully saturated rings. The van der Waals surface area contributed by atoms with Crippen molar-refractivity contribution in [2.24, 2.45) is 0 Å². The molecular formula is C22H18F4N2O4S. The average molecular weight is 482 g/mol. The minimum Gasteiger partial charge on any atom is -0.497 e. The van der Waals surface area contributed by atoms with Crippen molar-refractivity contribution in [3.05, 3.63) is 89.2 Å². The lowest BCUT2D eigenvalue weighted by molar-refractivity contribution is -0.136. The highest BCUT2D eigenvalue weighted by Gasteiger charge is 2.34. The molecule has 0 saturated carbocycles. The van der Waals surface area contributed by atoms with E-state index in [-0.39, 0.29) is 6.54 Å². The Balaban J connectivity index is 1.82. The van der Waals surface area contributed by atoms with E-state index in [9.17, 15) is 30.8 Å². The van der Waals surface area contributed by atoms with Crippen molar-refractivity contribution >= 4 is 21.6 Å². The molecule has 1 amide bonds. The number of halogens is 4. The van der Waals surface area contributed by atoms with Crippen LogP contribution in [0.25, 0.3) is 0 Å². The Morgan fingerprint density at radius 2 is 1.67 bits per heavy atom. The van der Waals surface area contributed by atoms with Crippen molar-refractivity contribution < 1.29 is 35.5 Å². The third-order valence-corrected chi connectivity index (χ3v) is 6.00. The van der Waals surface area contributed by atoms with E-state index in [2.05, 4.69) is 4.72 Å². The minimum absolute atomic E-state index is 0.0931. The monoisotopic (exact) mass is 482 g/mol. The van der Waals surface area contributed by atoms with Gasteiger partial charge in [0.25, 0.3) is 5.91 Å². The largest absolute Gasteiger partial charge is 0.497 e. The molecule has 2 N–H and O–H groups in total. The molecule has 0 aliphatic heterocycles. The van der Waals surface area contributed by atoms with Gasteiger partial charge in [-0.25, -0.2) is 17.5 Å². The van der Waals surface area contributed by atoms with Gasteiger partial charge in [0.1, 0.15) is 11.6 Å². The van der Waals surface area contributed by atoms with E-state index in [1.54, 1.807) is 24.3 Å². The summed E-state index contributed by atoms with van der Waals surface area (Å²) in [7, 11) is -2.67. The van der Waals surface area contributed by atoms with Gasteiger partial charge in [0.2, 0.25) is 10.0 Å². The van der Waals surface area contributed by atoms with Gasteiger partial charge >= 0.3 is 6.18 Å². The molecule has 0 heterocycles. The van der Waals surface area contributed by atoms with Crippen LogP contribution >= 0.6 is 0 Å². The zero-order valence-corrected chi connectivity index (χ0v) is 17.9. The highest BCUT2D eigenvalue weighted by atomic mass is 32.2. The number of carbonyl (C=O) groups is 1. The molecule has 0 aliphatic carbocycles. The molecule has 3 rings (SSSR count). The Hall–Kier alpha value is -3.44. The number of nitrogens with one attached hydrogen (secondary N) is 2. The lowest BCUT2D eigenvalue weighted by atomic mass is 10.1. The third kappa shape index (κ3) is 5.88. The Labute approximate surface area is 187 Å². The van der Waals surface area contributed by atoms with E-state index >= 15 is 0 Å². The number of hydrogen-bond donors (Lipinski definition) is 2. The van der Waals surface area contributed by atoms with Crippen molar-refractivity contribution in [1.82, 2.24) is 4.72 Å². The molecule has 0 spiro atoms.